The third-order valence-corrected chi connectivity index (χ3v) is 9.45. The number of piperazine rings is 1. The number of nitrogens with one attached hydrogen (secondary N) is 2. The smallest absolute Gasteiger partial charge is 0.319 e. The van der Waals surface area contributed by atoms with Crippen molar-refractivity contribution in [3.05, 3.63) is 52.7 Å². The summed E-state index contributed by atoms with van der Waals surface area (Å²) in [6.45, 7) is 4.95. The predicted molar refractivity (Wildman–Crippen MR) is 157 cm³/mol. The van der Waals surface area contributed by atoms with Crippen LogP contribution in [-0.4, -0.2) is 76.0 Å². The minimum atomic E-state index is -1.79. The molecule has 8 nitrogen and oxygen atoms in total. The first-order valence-electron chi connectivity index (χ1n) is 14.5. The van der Waals surface area contributed by atoms with Crippen molar-refractivity contribution < 1.29 is 22.3 Å². The largest absolute Gasteiger partial charge is 0.461 e. The molecule has 1 atom stereocenters. The van der Waals surface area contributed by atoms with E-state index in [0.717, 1.165) is 44.8 Å². The van der Waals surface area contributed by atoms with E-state index in [-0.39, 0.29) is 45.3 Å². The van der Waals surface area contributed by atoms with Gasteiger partial charge >= 0.3 is 6.01 Å². The number of rotatable bonds is 6. The minimum Gasteiger partial charge on any atom is -0.461 e. The number of ether oxygens (including phenoxy) is 1. The van der Waals surface area contributed by atoms with Crippen molar-refractivity contribution in [2.75, 3.05) is 44.2 Å². The van der Waals surface area contributed by atoms with E-state index in [1.807, 2.05) is 4.90 Å². The lowest BCUT2D eigenvalue weighted by atomic mass is 9.94. The normalized spacial score (nSPS) is 20.2. The number of hydrogen-bond acceptors (Lipinski definition) is 7. The summed E-state index contributed by atoms with van der Waals surface area (Å²) in [5, 5.41) is 10.7. The highest BCUT2D eigenvalue weighted by Gasteiger charge is 2.45. The molecule has 0 aliphatic carbocycles. The Kier molecular flexibility index (Phi) is 7.18. The summed E-state index contributed by atoms with van der Waals surface area (Å²) in [7, 11) is 0. The third-order valence-electron chi connectivity index (χ3n) is 9.15. The number of hydrogen-bond donors (Lipinski definition) is 2. The van der Waals surface area contributed by atoms with Crippen molar-refractivity contribution >= 4 is 39.2 Å². The van der Waals surface area contributed by atoms with Crippen LogP contribution in [0.2, 0.25) is 5.02 Å². The lowest BCUT2D eigenvalue weighted by Crippen LogP contribution is -2.50. The highest BCUT2D eigenvalue weighted by Crippen LogP contribution is 2.43. The molecule has 3 fully saturated rings. The maximum Gasteiger partial charge on any atom is 0.319 e. The van der Waals surface area contributed by atoms with Crippen molar-refractivity contribution in [2.45, 2.75) is 44.2 Å². The fraction of sp³-hybridized carbons (Fsp3) is 0.433. The molecule has 2 N–H and O–H groups in total. The summed E-state index contributed by atoms with van der Waals surface area (Å²) in [6.07, 6.45) is 4.74. The second kappa shape index (κ2) is 10.9. The fourth-order valence-electron chi connectivity index (χ4n) is 7.07. The molecule has 43 heavy (non-hydrogen) atoms. The van der Waals surface area contributed by atoms with Crippen molar-refractivity contribution in [2.24, 2.45) is 0 Å². The van der Waals surface area contributed by atoms with Gasteiger partial charge in [-0.3, -0.25) is 10.00 Å². The molecule has 4 aromatic rings. The average Bonchev–Trinajstić information content (AvgIpc) is 3.70. The van der Waals surface area contributed by atoms with Crippen LogP contribution in [0.5, 0.6) is 6.01 Å². The van der Waals surface area contributed by atoms with Gasteiger partial charge in [-0.05, 0) is 69.5 Å². The zero-order chi connectivity index (χ0) is 29.9. The van der Waals surface area contributed by atoms with Gasteiger partial charge in [0.15, 0.2) is 5.82 Å². The van der Waals surface area contributed by atoms with Gasteiger partial charge in [0.2, 0.25) is 0 Å². The summed E-state index contributed by atoms with van der Waals surface area (Å²) in [4.78, 5) is 13.5. The molecule has 5 heterocycles. The number of aromatic nitrogens is 4. The van der Waals surface area contributed by atoms with E-state index in [2.05, 4.69) is 25.4 Å². The lowest BCUT2D eigenvalue weighted by molar-refractivity contribution is 0.108. The monoisotopic (exact) mass is 615 g/mol. The van der Waals surface area contributed by atoms with Crippen molar-refractivity contribution in [3.8, 4) is 17.1 Å². The zero-order valence-corrected chi connectivity index (χ0v) is 24.2. The standard InChI is InChI=1S/C30H30ClF4N7O/c1-16-21(32)12-22-19(13-37-40-22)24(16)25-20(31)11-18-27(26(25)35)38-29(43-15-30-4-2-7-42(30)8-3-5-30)39-28(18)41-9-6-36-17(14-41)10-23(33)34/h10-13,17,36H,2-9,14-15H2,1H3,(H,37,40). The second-order valence-electron chi connectivity index (χ2n) is 11.6. The van der Waals surface area contributed by atoms with Gasteiger partial charge in [0.05, 0.1) is 22.3 Å². The van der Waals surface area contributed by atoms with Gasteiger partial charge in [-0.15, -0.1) is 0 Å². The SMILES string of the molecule is Cc1c(F)cc2[nH]ncc2c1-c1c(Cl)cc2c(N3CCNC(C=C(F)F)C3)nc(OCC34CCCN3CCC4)nc2c1F. The average molecular weight is 616 g/mol. The maximum absolute atomic E-state index is 16.8. The molecule has 13 heteroatoms. The topological polar surface area (TPSA) is 82.2 Å². The van der Waals surface area contributed by atoms with Crippen molar-refractivity contribution in [1.29, 1.82) is 0 Å². The zero-order valence-electron chi connectivity index (χ0n) is 23.5. The molecule has 3 aliphatic heterocycles. The van der Waals surface area contributed by atoms with Gasteiger partial charge in [0, 0.05) is 47.6 Å². The Hall–Kier alpha value is -3.48. The first-order valence-corrected chi connectivity index (χ1v) is 14.8. The quantitative estimate of drug-likeness (QED) is 0.258. The molecule has 226 valence electrons. The van der Waals surface area contributed by atoms with Crippen LogP contribution in [0.25, 0.3) is 32.9 Å². The molecule has 0 bridgehead atoms. The van der Waals surface area contributed by atoms with Crippen LogP contribution in [0, 0.1) is 18.6 Å². The van der Waals surface area contributed by atoms with Crippen LogP contribution in [0.3, 0.4) is 0 Å². The number of nitrogens with zero attached hydrogens (tertiary/aromatic N) is 5. The van der Waals surface area contributed by atoms with E-state index in [9.17, 15) is 13.2 Å². The van der Waals surface area contributed by atoms with Crippen LogP contribution in [-0.2, 0) is 0 Å². The van der Waals surface area contributed by atoms with Crippen molar-refractivity contribution in [1.82, 2.24) is 30.4 Å². The molecule has 1 unspecified atom stereocenters. The Balaban J connectivity index is 1.38. The molecule has 2 aromatic heterocycles. The van der Waals surface area contributed by atoms with E-state index >= 15 is 4.39 Å². The Morgan fingerprint density at radius 3 is 2.67 bits per heavy atom. The summed E-state index contributed by atoms with van der Waals surface area (Å²) >= 11 is 6.77. The fourth-order valence-corrected chi connectivity index (χ4v) is 7.36. The third kappa shape index (κ3) is 4.89. The second-order valence-corrected chi connectivity index (χ2v) is 12.0. The van der Waals surface area contributed by atoms with Gasteiger partial charge in [-0.1, -0.05) is 11.6 Å². The molecule has 2 aromatic carbocycles. The number of aromatic amines is 1. The van der Waals surface area contributed by atoms with Crippen LogP contribution < -0.4 is 15.0 Å². The Bertz CT molecular complexity index is 1750. The van der Waals surface area contributed by atoms with E-state index in [1.165, 1.54) is 12.3 Å². The minimum absolute atomic E-state index is 0.00508. The van der Waals surface area contributed by atoms with Crippen LogP contribution >= 0.6 is 11.6 Å². The summed E-state index contributed by atoms with van der Waals surface area (Å²) in [5.41, 5.74) is 0.731. The highest BCUT2D eigenvalue weighted by atomic mass is 35.5. The molecule has 0 amide bonds. The Morgan fingerprint density at radius 1 is 1.12 bits per heavy atom. The van der Waals surface area contributed by atoms with Crippen LogP contribution in [0.4, 0.5) is 23.4 Å². The first-order chi connectivity index (χ1) is 20.7. The molecular weight excluding hydrogens is 586 g/mol. The molecule has 3 saturated heterocycles. The molecule has 0 spiro atoms. The van der Waals surface area contributed by atoms with E-state index < -0.39 is 23.8 Å². The summed E-state index contributed by atoms with van der Waals surface area (Å²) < 4.78 is 64.2. The summed E-state index contributed by atoms with van der Waals surface area (Å²) in [5.74, 6) is -0.954. The van der Waals surface area contributed by atoms with E-state index in [0.29, 0.717) is 41.8 Å². The number of anilines is 1. The van der Waals surface area contributed by atoms with Gasteiger partial charge in [0.25, 0.3) is 6.08 Å². The van der Waals surface area contributed by atoms with Gasteiger partial charge in [0.1, 0.15) is 23.8 Å². The lowest BCUT2D eigenvalue weighted by Gasteiger charge is -2.34. The van der Waals surface area contributed by atoms with E-state index in [4.69, 9.17) is 21.3 Å². The predicted octanol–water partition coefficient (Wildman–Crippen LogP) is 5.98. The van der Waals surface area contributed by atoms with Gasteiger partial charge in [-0.2, -0.15) is 23.8 Å². The molecule has 0 radical (unpaired) electrons. The maximum atomic E-state index is 16.8. The first kappa shape index (κ1) is 28.3. The number of fused-ring (bicyclic) bond motifs is 3. The molecule has 0 saturated carbocycles. The van der Waals surface area contributed by atoms with Crippen molar-refractivity contribution in [3.63, 3.8) is 0 Å². The Labute approximate surface area is 250 Å². The molecule has 7 rings (SSSR count). The van der Waals surface area contributed by atoms with Crippen LogP contribution in [0.1, 0.15) is 31.2 Å². The van der Waals surface area contributed by atoms with Crippen LogP contribution in [0.15, 0.2) is 30.5 Å². The highest BCUT2D eigenvalue weighted by molar-refractivity contribution is 6.35. The number of H-pyrrole nitrogens is 1. The van der Waals surface area contributed by atoms with Gasteiger partial charge in [-0.25, -0.2) is 8.78 Å². The number of benzene rings is 2. The molecule has 3 aliphatic rings. The Morgan fingerprint density at radius 2 is 1.91 bits per heavy atom. The summed E-state index contributed by atoms with van der Waals surface area (Å²) in [6, 6.07) is 2.22. The van der Waals surface area contributed by atoms with E-state index in [1.54, 1.807) is 13.0 Å². The number of halogens is 5. The van der Waals surface area contributed by atoms with Gasteiger partial charge < -0.3 is 15.0 Å². The molecular formula is C30H30ClF4N7O.